The number of methoxy groups -OCH3 is 1. The van der Waals surface area contributed by atoms with E-state index in [1.165, 1.54) is 38.3 Å². The maximum Gasteiger partial charge on any atom is 0.416 e. The topological polar surface area (TPSA) is 100 Å². The number of nitrogens with zero attached hydrogens (tertiary/aromatic N) is 2. The Bertz CT molecular complexity index is 1500. The van der Waals surface area contributed by atoms with E-state index >= 15 is 0 Å². The molecular formula is C30H30F3N3O5. The van der Waals surface area contributed by atoms with Crippen LogP contribution in [0.3, 0.4) is 0 Å². The number of nitrogens with one attached hydrogen (secondary N) is 1. The molecule has 3 atom stereocenters. The Morgan fingerprint density at radius 2 is 1.68 bits per heavy atom. The first-order valence-electron chi connectivity index (χ1n) is 12.8. The van der Waals surface area contributed by atoms with Gasteiger partial charge in [-0.15, -0.1) is 5.06 Å². The molecule has 11 heteroatoms. The number of dihydropyridines is 1. The van der Waals surface area contributed by atoms with Gasteiger partial charge in [0.15, 0.2) is 11.5 Å². The lowest BCUT2D eigenvalue weighted by molar-refractivity contribution is -0.193. The van der Waals surface area contributed by atoms with Gasteiger partial charge in [-0.1, -0.05) is 55.5 Å². The molecule has 4 rings (SSSR count). The summed E-state index contributed by atoms with van der Waals surface area (Å²) in [5.41, 5.74) is 0.0617. The van der Waals surface area contributed by atoms with Crippen molar-refractivity contribution in [3.05, 3.63) is 94.9 Å². The van der Waals surface area contributed by atoms with Crippen molar-refractivity contribution >= 4 is 28.4 Å². The van der Waals surface area contributed by atoms with E-state index in [0.29, 0.717) is 11.1 Å². The molecule has 1 aliphatic rings. The zero-order chi connectivity index (χ0) is 29.9. The Morgan fingerprint density at radius 3 is 2.32 bits per heavy atom. The maximum absolute atomic E-state index is 13.2. The van der Waals surface area contributed by atoms with E-state index in [4.69, 9.17) is 9.57 Å². The highest BCUT2D eigenvalue weighted by Crippen LogP contribution is 2.34. The van der Waals surface area contributed by atoms with Crippen LogP contribution >= 0.6 is 0 Å². The van der Waals surface area contributed by atoms with E-state index in [1.807, 2.05) is 42.5 Å². The molecule has 1 heterocycles. The molecule has 0 saturated carbocycles. The van der Waals surface area contributed by atoms with E-state index in [0.717, 1.165) is 22.9 Å². The first kappa shape index (κ1) is 29.6. The molecule has 0 fully saturated rings. The van der Waals surface area contributed by atoms with Crippen molar-refractivity contribution in [3.63, 3.8) is 0 Å². The summed E-state index contributed by atoms with van der Waals surface area (Å²) in [5, 5.41) is 16.0. The number of ether oxygens (including phenoxy) is 1. The van der Waals surface area contributed by atoms with Crippen LogP contribution in [0.2, 0.25) is 0 Å². The van der Waals surface area contributed by atoms with Gasteiger partial charge >= 0.3 is 12.1 Å². The minimum Gasteiger partial charge on any atom is -0.503 e. The number of amides is 1. The summed E-state index contributed by atoms with van der Waals surface area (Å²) in [7, 11) is 2.86. The van der Waals surface area contributed by atoms with Crippen LogP contribution in [0.25, 0.3) is 10.8 Å². The molecule has 41 heavy (non-hydrogen) atoms. The standard InChI is InChI=1S/C30H30F3N3O5/c1-17-16-34-24(26(37)27(17)40-4)28(38)35-18(2)29(39)41-36(3)25(20-11-13-23(14-12-20)30(31,32)33)22-10-9-19-7-5-6-8-21(19)15-22/h5-15,17-18,25,37H,16H2,1-4H3,(H,35,38)/t17?,18-,25?/m0/s1. The van der Waals surface area contributed by atoms with Crippen molar-refractivity contribution in [2.45, 2.75) is 32.1 Å². The summed E-state index contributed by atoms with van der Waals surface area (Å²) in [5.74, 6) is -2.02. The van der Waals surface area contributed by atoms with Gasteiger partial charge in [-0.2, -0.15) is 13.2 Å². The summed E-state index contributed by atoms with van der Waals surface area (Å²) >= 11 is 0. The van der Waals surface area contributed by atoms with Crippen LogP contribution in [0, 0.1) is 5.92 Å². The first-order valence-corrected chi connectivity index (χ1v) is 12.8. The molecule has 0 spiro atoms. The van der Waals surface area contributed by atoms with E-state index in [1.54, 1.807) is 6.92 Å². The molecule has 1 amide bonds. The number of carbonyl (C=O) groups excluding carboxylic acids is 2. The third-order valence-corrected chi connectivity index (χ3v) is 6.81. The second-order valence-corrected chi connectivity index (χ2v) is 9.79. The van der Waals surface area contributed by atoms with Crippen LogP contribution in [-0.4, -0.2) is 54.5 Å². The molecule has 3 aromatic rings. The van der Waals surface area contributed by atoms with Crippen LogP contribution in [0.1, 0.15) is 36.6 Å². The number of hydrogen-bond acceptors (Lipinski definition) is 7. The minimum absolute atomic E-state index is 0.217. The van der Waals surface area contributed by atoms with Gasteiger partial charge in [0.2, 0.25) is 0 Å². The number of hydroxylamine groups is 2. The first-order chi connectivity index (χ1) is 19.4. The van der Waals surface area contributed by atoms with Gasteiger partial charge in [0, 0.05) is 19.5 Å². The third kappa shape index (κ3) is 6.51. The summed E-state index contributed by atoms with van der Waals surface area (Å²) in [6.07, 6.45) is -4.50. The predicted octanol–water partition coefficient (Wildman–Crippen LogP) is 5.35. The Kier molecular flexibility index (Phi) is 8.67. The van der Waals surface area contributed by atoms with Crippen molar-refractivity contribution in [1.82, 2.24) is 10.4 Å². The number of carbonyl (C=O) groups is 2. The quantitative estimate of drug-likeness (QED) is 0.355. The minimum atomic E-state index is -4.50. The number of halogens is 3. The lowest BCUT2D eigenvalue weighted by atomic mass is 9.95. The molecule has 8 nitrogen and oxygen atoms in total. The lowest BCUT2D eigenvalue weighted by Gasteiger charge is -2.29. The maximum atomic E-state index is 13.2. The van der Waals surface area contributed by atoms with Crippen LogP contribution in [-0.2, 0) is 25.3 Å². The fourth-order valence-electron chi connectivity index (χ4n) is 4.66. The number of hydrogen-bond donors (Lipinski definition) is 2. The van der Waals surface area contributed by atoms with Gasteiger partial charge in [0.05, 0.1) is 18.7 Å². The summed E-state index contributed by atoms with van der Waals surface area (Å²) in [6, 6.07) is 15.8. The van der Waals surface area contributed by atoms with Crippen molar-refractivity contribution < 1.29 is 37.4 Å². The number of aliphatic hydroxyl groups excluding tert-OH is 1. The molecule has 1 aliphatic heterocycles. The van der Waals surface area contributed by atoms with Crippen molar-refractivity contribution in [2.24, 2.45) is 10.9 Å². The van der Waals surface area contributed by atoms with E-state index in [-0.39, 0.29) is 23.9 Å². The summed E-state index contributed by atoms with van der Waals surface area (Å²) < 4.78 is 44.8. The number of rotatable bonds is 8. The Labute approximate surface area is 235 Å². The van der Waals surface area contributed by atoms with Crippen LogP contribution in [0.15, 0.2) is 83.2 Å². The Morgan fingerprint density at radius 1 is 1.05 bits per heavy atom. The lowest BCUT2D eigenvalue weighted by Crippen LogP contribution is -2.46. The SMILES string of the molecule is COC1=C(O)C(C(=O)N[C@@H](C)C(=O)ON(C)C(c2ccc(C(F)(F)F)cc2)c2ccc3ccccc3c2)=NCC1C. The van der Waals surface area contributed by atoms with Crippen molar-refractivity contribution in [2.75, 3.05) is 20.7 Å². The highest BCUT2D eigenvalue weighted by molar-refractivity contribution is 6.45. The summed E-state index contributed by atoms with van der Waals surface area (Å²) in [6.45, 7) is 3.41. The summed E-state index contributed by atoms with van der Waals surface area (Å²) in [4.78, 5) is 35.5. The molecule has 0 bridgehead atoms. The average molecular weight is 570 g/mol. The molecule has 0 aromatic heterocycles. The van der Waals surface area contributed by atoms with E-state index < -0.39 is 41.5 Å². The largest absolute Gasteiger partial charge is 0.503 e. The molecule has 2 N–H and O–H groups in total. The second-order valence-electron chi connectivity index (χ2n) is 9.79. The fraction of sp³-hybridized carbons (Fsp3) is 0.300. The smallest absolute Gasteiger partial charge is 0.416 e. The number of fused-ring (bicyclic) bond motifs is 1. The van der Waals surface area contributed by atoms with Gasteiger partial charge in [-0.05, 0) is 47.0 Å². The van der Waals surface area contributed by atoms with Crippen LogP contribution < -0.4 is 5.32 Å². The van der Waals surface area contributed by atoms with Gasteiger partial charge in [-0.3, -0.25) is 9.79 Å². The Hall–Kier alpha value is -4.38. The highest BCUT2D eigenvalue weighted by Gasteiger charge is 2.33. The second kappa shape index (κ2) is 12.0. The van der Waals surface area contributed by atoms with Gasteiger partial charge in [-0.25, -0.2) is 4.79 Å². The van der Waals surface area contributed by atoms with Crippen LogP contribution in [0.4, 0.5) is 13.2 Å². The molecule has 0 radical (unpaired) electrons. The normalized spacial score (nSPS) is 17.2. The van der Waals surface area contributed by atoms with E-state index in [9.17, 15) is 27.9 Å². The molecule has 0 aliphatic carbocycles. The van der Waals surface area contributed by atoms with Gasteiger partial charge < -0.3 is 20.0 Å². The number of aliphatic hydroxyl groups is 1. The monoisotopic (exact) mass is 569 g/mol. The Balaban J connectivity index is 1.56. The fourth-order valence-corrected chi connectivity index (χ4v) is 4.66. The molecular weight excluding hydrogens is 539 g/mol. The molecule has 2 unspecified atom stereocenters. The third-order valence-electron chi connectivity index (χ3n) is 6.81. The van der Waals surface area contributed by atoms with Crippen molar-refractivity contribution in [3.8, 4) is 0 Å². The zero-order valence-electron chi connectivity index (χ0n) is 22.9. The van der Waals surface area contributed by atoms with Crippen molar-refractivity contribution in [1.29, 1.82) is 0 Å². The predicted molar refractivity (Wildman–Crippen MR) is 147 cm³/mol. The van der Waals surface area contributed by atoms with Crippen LogP contribution in [0.5, 0.6) is 0 Å². The van der Waals surface area contributed by atoms with Gasteiger partial charge in [0.1, 0.15) is 11.8 Å². The average Bonchev–Trinajstić information content (AvgIpc) is 2.93. The molecule has 3 aromatic carbocycles. The number of alkyl halides is 3. The van der Waals surface area contributed by atoms with E-state index in [2.05, 4.69) is 10.3 Å². The number of aliphatic imine (C=N–C) groups is 1. The zero-order valence-corrected chi connectivity index (χ0v) is 22.9. The van der Waals surface area contributed by atoms with Gasteiger partial charge in [0.25, 0.3) is 5.91 Å². The molecule has 216 valence electrons. The molecule has 0 saturated heterocycles. The number of benzene rings is 3. The highest BCUT2D eigenvalue weighted by atomic mass is 19.4.